The van der Waals surface area contributed by atoms with Gasteiger partial charge in [-0.2, -0.15) is 0 Å². The molecule has 2 rings (SSSR count). The highest BCUT2D eigenvalue weighted by molar-refractivity contribution is 6.36. The van der Waals surface area contributed by atoms with Gasteiger partial charge >= 0.3 is 5.97 Å². The van der Waals surface area contributed by atoms with Crippen LogP contribution in [0.3, 0.4) is 0 Å². The average molecular weight is 272 g/mol. The summed E-state index contributed by atoms with van der Waals surface area (Å²) in [5.41, 5.74) is 1.04. The van der Waals surface area contributed by atoms with Gasteiger partial charge in [0.15, 0.2) is 0 Å². The SMILES string of the molecule is CC1=NOC(=O)/C1=C\c1cc(Cl)cc(Cl)c1O. The van der Waals surface area contributed by atoms with Crippen LogP contribution >= 0.6 is 23.2 Å². The van der Waals surface area contributed by atoms with Crippen LogP contribution in [0.5, 0.6) is 5.75 Å². The zero-order valence-electron chi connectivity index (χ0n) is 8.70. The molecule has 0 spiro atoms. The Labute approximate surface area is 107 Å². The van der Waals surface area contributed by atoms with Crippen LogP contribution in [0.1, 0.15) is 12.5 Å². The maximum Gasteiger partial charge on any atom is 0.367 e. The minimum absolute atomic E-state index is 0.116. The van der Waals surface area contributed by atoms with E-state index in [1.807, 2.05) is 0 Å². The third-order valence-electron chi connectivity index (χ3n) is 2.23. The summed E-state index contributed by atoms with van der Waals surface area (Å²) in [6, 6.07) is 2.91. The molecule has 0 atom stereocenters. The summed E-state index contributed by atoms with van der Waals surface area (Å²) in [7, 11) is 0. The van der Waals surface area contributed by atoms with Crippen molar-refractivity contribution in [2.75, 3.05) is 0 Å². The van der Waals surface area contributed by atoms with E-state index in [1.165, 1.54) is 18.2 Å². The molecular formula is C11H7Cl2NO3. The molecule has 1 aliphatic heterocycles. The molecule has 0 saturated carbocycles. The first-order valence-corrected chi connectivity index (χ1v) is 5.40. The Hall–Kier alpha value is -1.52. The van der Waals surface area contributed by atoms with Gasteiger partial charge < -0.3 is 9.94 Å². The minimum Gasteiger partial charge on any atom is -0.506 e. The predicted octanol–water partition coefficient (Wildman–Crippen LogP) is 3.02. The topological polar surface area (TPSA) is 58.9 Å². The lowest BCUT2D eigenvalue weighted by Crippen LogP contribution is -2.01. The number of aromatic hydroxyl groups is 1. The van der Waals surface area contributed by atoms with E-state index < -0.39 is 5.97 Å². The van der Waals surface area contributed by atoms with Crippen molar-refractivity contribution in [3.63, 3.8) is 0 Å². The Bertz CT molecular complexity index is 564. The van der Waals surface area contributed by atoms with E-state index in [0.29, 0.717) is 16.3 Å². The fourth-order valence-corrected chi connectivity index (χ4v) is 1.88. The summed E-state index contributed by atoms with van der Waals surface area (Å²) in [5, 5.41) is 13.7. The maximum absolute atomic E-state index is 11.3. The van der Waals surface area contributed by atoms with Crippen molar-refractivity contribution in [1.29, 1.82) is 0 Å². The Morgan fingerprint density at radius 1 is 1.41 bits per heavy atom. The molecule has 0 saturated heterocycles. The second kappa shape index (κ2) is 4.39. The normalized spacial score (nSPS) is 17.2. The summed E-state index contributed by atoms with van der Waals surface area (Å²) in [6.45, 7) is 1.62. The number of nitrogens with zero attached hydrogens (tertiary/aromatic N) is 1. The molecule has 1 aromatic carbocycles. The number of hydrogen-bond acceptors (Lipinski definition) is 4. The summed E-state index contributed by atoms with van der Waals surface area (Å²) in [5.74, 6) is -0.714. The van der Waals surface area contributed by atoms with Gasteiger partial charge in [-0.3, -0.25) is 0 Å². The summed E-state index contributed by atoms with van der Waals surface area (Å²) in [4.78, 5) is 15.8. The molecule has 0 aliphatic carbocycles. The largest absolute Gasteiger partial charge is 0.506 e. The van der Waals surface area contributed by atoms with Crippen molar-refractivity contribution in [1.82, 2.24) is 0 Å². The molecule has 1 N–H and O–H groups in total. The molecule has 1 heterocycles. The van der Waals surface area contributed by atoms with Crippen LogP contribution in [0.4, 0.5) is 0 Å². The summed E-state index contributed by atoms with van der Waals surface area (Å²) < 4.78 is 0. The summed E-state index contributed by atoms with van der Waals surface area (Å²) >= 11 is 11.6. The number of benzene rings is 1. The van der Waals surface area contributed by atoms with Crippen LogP contribution in [0.2, 0.25) is 10.0 Å². The van der Waals surface area contributed by atoms with Crippen LogP contribution in [-0.4, -0.2) is 16.8 Å². The molecule has 0 amide bonds. The van der Waals surface area contributed by atoms with Crippen LogP contribution in [0.25, 0.3) is 6.08 Å². The smallest absolute Gasteiger partial charge is 0.367 e. The number of rotatable bonds is 1. The third kappa shape index (κ3) is 2.28. The van der Waals surface area contributed by atoms with Gasteiger partial charge in [0, 0.05) is 10.6 Å². The number of hydrogen-bond donors (Lipinski definition) is 1. The monoisotopic (exact) mass is 271 g/mol. The van der Waals surface area contributed by atoms with E-state index in [-0.39, 0.29) is 16.3 Å². The molecular weight excluding hydrogens is 265 g/mol. The van der Waals surface area contributed by atoms with Crippen molar-refractivity contribution < 1.29 is 14.7 Å². The van der Waals surface area contributed by atoms with Gasteiger partial charge in [0.25, 0.3) is 0 Å². The number of phenolic OH excluding ortho intramolecular Hbond substituents is 1. The lowest BCUT2D eigenvalue weighted by atomic mass is 10.1. The first-order chi connectivity index (χ1) is 7.99. The molecule has 1 aliphatic rings. The second-order valence-corrected chi connectivity index (χ2v) is 4.28. The molecule has 6 heteroatoms. The highest BCUT2D eigenvalue weighted by Crippen LogP contribution is 2.33. The average Bonchev–Trinajstić information content (AvgIpc) is 2.56. The Kier molecular flexibility index (Phi) is 3.09. The van der Waals surface area contributed by atoms with Crippen molar-refractivity contribution in [2.24, 2.45) is 5.16 Å². The number of oxime groups is 1. The maximum atomic E-state index is 11.3. The first kappa shape index (κ1) is 12.0. The van der Waals surface area contributed by atoms with Gasteiger partial charge in [-0.05, 0) is 25.1 Å². The minimum atomic E-state index is -0.571. The highest BCUT2D eigenvalue weighted by atomic mass is 35.5. The molecule has 0 bridgehead atoms. The lowest BCUT2D eigenvalue weighted by Gasteiger charge is -2.03. The van der Waals surface area contributed by atoms with E-state index in [1.54, 1.807) is 6.92 Å². The highest BCUT2D eigenvalue weighted by Gasteiger charge is 2.22. The number of carbonyl (C=O) groups is 1. The molecule has 4 nitrogen and oxygen atoms in total. The fourth-order valence-electron chi connectivity index (χ4n) is 1.37. The quantitative estimate of drug-likeness (QED) is 0.631. The van der Waals surface area contributed by atoms with E-state index in [4.69, 9.17) is 23.2 Å². The molecule has 0 fully saturated rings. The van der Waals surface area contributed by atoms with Gasteiger partial charge in [-0.15, -0.1) is 0 Å². The van der Waals surface area contributed by atoms with Crippen LogP contribution in [0, 0.1) is 0 Å². The first-order valence-electron chi connectivity index (χ1n) is 4.65. The van der Waals surface area contributed by atoms with E-state index in [0.717, 1.165) is 0 Å². The van der Waals surface area contributed by atoms with E-state index in [9.17, 15) is 9.90 Å². The number of phenols is 1. The van der Waals surface area contributed by atoms with Crippen molar-refractivity contribution in [3.8, 4) is 5.75 Å². The molecule has 17 heavy (non-hydrogen) atoms. The summed E-state index contributed by atoms with van der Waals surface area (Å²) in [6.07, 6.45) is 1.43. The van der Waals surface area contributed by atoms with Gasteiger partial charge in [-0.1, -0.05) is 28.4 Å². The Balaban J connectivity index is 2.53. The zero-order valence-corrected chi connectivity index (χ0v) is 10.2. The van der Waals surface area contributed by atoms with Crippen LogP contribution in [-0.2, 0) is 9.63 Å². The molecule has 1 aromatic rings. The molecule has 88 valence electrons. The van der Waals surface area contributed by atoms with Gasteiger partial charge in [0.2, 0.25) is 0 Å². The second-order valence-electron chi connectivity index (χ2n) is 3.44. The van der Waals surface area contributed by atoms with Crippen LogP contribution < -0.4 is 0 Å². The molecule has 0 radical (unpaired) electrons. The fraction of sp³-hybridized carbons (Fsp3) is 0.0909. The van der Waals surface area contributed by atoms with Crippen molar-refractivity contribution >= 4 is 41.0 Å². The van der Waals surface area contributed by atoms with Crippen molar-refractivity contribution in [2.45, 2.75) is 6.92 Å². The van der Waals surface area contributed by atoms with Crippen molar-refractivity contribution in [3.05, 3.63) is 33.3 Å². The number of halogens is 2. The lowest BCUT2D eigenvalue weighted by molar-refractivity contribution is -0.136. The zero-order chi connectivity index (χ0) is 12.6. The Morgan fingerprint density at radius 2 is 2.12 bits per heavy atom. The van der Waals surface area contributed by atoms with Gasteiger partial charge in [0.05, 0.1) is 16.3 Å². The molecule has 0 unspecified atom stereocenters. The van der Waals surface area contributed by atoms with E-state index >= 15 is 0 Å². The number of carbonyl (C=O) groups excluding carboxylic acids is 1. The van der Waals surface area contributed by atoms with Gasteiger partial charge in [0.1, 0.15) is 5.75 Å². The molecule has 0 aromatic heterocycles. The predicted molar refractivity (Wildman–Crippen MR) is 65.3 cm³/mol. The van der Waals surface area contributed by atoms with Crippen LogP contribution in [0.15, 0.2) is 22.9 Å². The third-order valence-corrected chi connectivity index (χ3v) is 2.74. The van der Waals surface area contributed by atoms with E-state index in [2.05, 4.69) is 9.99 Å². The Morgan fingerprint density at radius 3 is 2.71 bits per heavy atom. The van der Waals surface area contributed by atoms with Gasteiger partial charge in [-0.25, -0.2) is 4.79 Å². The standard InChI is InChI=1S/C11H7Cl2NO3/c1-5-8(11(16)17-14-5)3-6-2-7(12)4-9(13)10(6)15/h2-4,15H,1H3/b8-3-.